The number of nitrogens with zero attached hydrogens (tertiary/aromatic N) is 4. The molecule has 2 N–H and O–H groups in total. The van der Waals surface area contributed by atoms with E-state index in [4.69, 9.17) is 5.73 Å². The first-order valence-corrected chi connectivity index (χ1v) is 7.45. The Kier molecular flexibility index (Phi) is 3.45. The second kappa shape index (κ2) is 5.09. The quantitative estimate of drug-likeness (QED) is 0.919. The van der Waals surface area contributed by atoms with Crippen LogP contribution in [-0.4, -0.2) is 33.7 Å². The molecule has 19 heavy (non-hydrogen) atoms. The molecule has 2 aromatic rings. The lowest BCUT2D eigenvalue weighted by atomic mass is 9.93. The topological polar surface area (TPSA) is 59.5 Å². The van der Waals surface area contributed by atoms with Crippen molar-refractivity contribution in [2.75, 3.05) is 18.0 Å². The number of hydrogen-bond donors (Lipinski definition) is 1. The smallest absolute Gasteiger partial charge is 0.245 e. The standard InChI is InChI=1S/C13H18BrN5/c1-9-4-5-18(11(6-9)7-15)13-16-12-3-2-10(14)8-19(12)17-13/h2-3,8-9,11H,4-7,15H2,1H3. The van der Waals surface area contributed by atoms with E-state index in [9.17, 15) is 0 Å². The van der Waals surface area contributed by atoms with Crippen LogP contribution in [0.15, 0.2) is 22.8 Å². The lowest BCUT2D eigenvalue weighted by Crippen LogP contribution is -2.46. The molecule has 6 heteroatoms. The maximum Gasteiger partial charge on any atom is 0.245 e. The Bertz CT molecular complexity index is 581. The highest BCUT2D eigenvalue weighted by Crippen LogP contribution is 2.26. The van der Waals surface area contributed by atoms with Gasteiger partial charge in [0, 0.05) is 29.8 Å². The van der Waals surface area contributed by atoms with Gasteiger partial charge in [0.2, 0.25) is 5.95 Å². The minimum atomic E-state index is 0.351. The van der Waals surface area contributed by atoms with E-state index in [1.807, 2.05) is 22.8 Å². The summed E-state index contributed by atoms with van der Waals surface area (Å²) in [5.74, 6) is 1.52. The Morgan fingerprint density at radius 1 is 1.47 bits per heavy atom. The van der Waals surface area contributed by atoms with Gasteiger partial charge in [0.05, 0.1) is 0 Å². The molecule has 1 saturated heterocycles. The van der Waals surface area contributed by atoms with Gasteiger partial charge >= 0.3 is 0 Å². The predicted octanol–water partition coefficient (Wildman–Crippen LogP) is 2.06. The third kappa shape index (κ3) is 2.47. The van der Waals surface area contributed by atoms with E-state index < -0.39 is 0 Å². The second-order valence-electron chi connectivity index (χ2n) is 5.27. The molecular weight excluding hydrogens is 306 g/mol. The molecule has 2 unspecified atom stereocenters. The van der Waals surface area contributed by atoms with E-state index in [0.29, 0.717) is 12.6 Å². The number of anilines is 1. The van der Waals surface area contributed by atoms with E-state index in [1.165, 1.54) is 6.42 Å². The third-order valence-corrected chi connectivity index (χ3v) is 4.26. The van der Waals surface area contributed by atoms with Crippen molar-refractivity contribution in [1.29, 1.82) is 0 Å². The van der Waals surface area contributed by atoms with Gasteiger partial charge in [0.1, 0.15) is 0 Å². The first kappa shape index (κ1) is 12.9. The van der Waals surface area contributed by atoms with Crippen LogP contribution in [0.2, 0.25) is 0 Å². The van der Waals surface area contributed by atoms with E-state index in [1.54, 1.807) is 0 Å². The average molecular weight is 324 g/mol. The lowest BCUT2D eigenvalue weighted by Gasteiger charge is -2.37. The van der Waals surface area contributed by atoms with Crippen LogP contribution < -0.4 is 10.6 Å². The van der Waals surface area contributed by atoms with Crippen molar-refractivity contribution in [1.82, 2.24) is 14.6 Å². The molecule has 0 spiro atoms. The number of aromatic nitrogens is 3. The first-order valence-electron chi connectivity index (χ1n) is 6.66. The summed E-state index contributed by atoms with van der Waals surface area (Å²) in [5, 5.41) is 4.57. The number of rotatable bonds is 2. The molecule has 102 valence electrons. The number of piperidine rings is 1. The van der Waals surface area contributed by atoms with Crippen molar-refractivity contribution < 1.29 is 0 Å². The second-order valence-corrected chi connectivity index (χ2v) is 6.19. The molecule has 0 amide bonds. The van der Waals surface area contributed by atoms with Crippen molar-refractivity contribution in [3.8, 4) is 0 Å². The monoisotopic (exact) mass is 323 g/mol. The summed E-state index contributed by atoms with van der Waals surface area (Å²) in [4.78, 5) is 6.85. The normalized spacial score (nSPS) is 24.1. The summed E-state index contributed by atoms with van der Waals surface area (Å²) < 4.78 is 2.81. The van der Waals surface area contributed by atoms with Gasteiger partial charge in [-0.1, -0.05) is 6.92 Å². The van der Waals surface area contributed by atoms with Crippen molar-refractivity contribution in [3.05, 3.63) is 22.8 Å². The number of hydrogen-bond acceptors (Lipinski definition) is 4. The van der Waals surface area contributed by atoms with Gasteiger partial charge in [0.15, 0.2) is 5.65 Å². The molecule has 1 fully saturated rings. The van der Waals surface area contributed by atoms with Crippen LogP contribution in [-0.2, 0) is 0 Å². The molecular formula is C13H18BrN5. The average Bonchev–Trinajstić information content (AvgIpc) is 2.81. The van der Waals surface area contributed by atoms with Crippen molar-refractivity contribution in [2.24, 2.45) is 11.7 Å². The molecule has 0 aliphatic carbocycles. The van der Waals surface area contributed by atoms with Gasteiger partial charge in [-0.2, -0.15) is 4.98 Å². The summed E-state index contributed by atoms with van der Waals surface area (Å²) in [6, 6.07) is 4.29. The molecule has 3 rings (SSSR count). The molecule has 5 nitrogen and oxygen atoms in total. The van der Waals surface area contributed by atoms with Crippen molar-refractivity contribution in [3.63, 3.8) is 0 Å². The van der Waals surface area contributed by atoms with E-state index in [0.717, 1.165) is 35.0 Å². The highest BCUT2D eigenvalue weighted by atomic mass is 79.9. The Balaban J connectivity index is 1.94. The molecule has 0 saturated carbocycles. The zero-order valence-electron chi connectivity index (χ0n) is 11.0. The maximum atomic E-state index is 5.90. The van der Waals surface area contributed by atoms with Crippen LogP contribution in [0, 0.1) is 5.92 Å². The zero-order valence-corrected chi connectivity index (χ0v) is 12.5. The fourth-order valence-electron chi connectivity index (χ4n) is 2.71. The van der Waals surface area contributed by atoms with Crippen LogP contribution in [0.4, 0.5) is 5.95 Å². The minimum Gasteiger partial charge on any atom is -0.335 e. The van der Waals surface area contributed by atoms with Crippen LogP contribution in [0.1, 0.15) is 19.8 Å². The fourth-order valence-corrected chi connectivity index (χ4v) is 3.03. The number of nitrogens with two attached hydrogens (primary N) is 1. The predicted molar refractivity (Wildman–Crippen MR) is 79.3 cm³/mol. The van der Waals surface area contributed by atoms with E-state index in [2.05, 4.69) is 37.8 Å². The highest BCUT2D eigenvalue weighted by Gasteiger charge is 2.27. The Morgan fingerprint density at radius 3 is 3.11 bits per heavy atom. The van der Waals surface area contributed by atoms with Crippen LogP contribution in [0.5, 0.6) is 0 Å². The number of pyridine rings is 1. The summed E-state index contributed by atoms with van der Waals surface area (Å²) in [6.45, 7) is 3.93. The summed E-state index contributed by atoms with van der Waals surface area (Å²) in [7, 11) is 0. The largest absolute Gasteiger partial charge is 0.335 e. The molecule has 1 aliphatic heterocycles. The van der Waals surface area contributed by atoms with Gasteiger partial charge < -0.3 is 10.6 Å². The minimum absolute atomic E-state index is 0.351. The van der Waals surface area contributed by atoms with Crippen molar-refractivity contribution >= 4 is 27.5 Å². The molecule has 0 aromatic carbocycles. The molecule has 1 aliphatic rings. The van der Waals surface area contributed by atoms with Crippen LogP contribution >= 0.6 is 15.9 Å². The van der Waals surface area contributed by atoms with Gasteiger partial charge in [-0.15, -0.1) is 5.10 Å². The van der Waals surface area contributed by atoms with Crippen molar-refractivity contribution in [2.45, 2.75) is 25.8 Å². The van der Waals surface area contributed by atoms with E-state index >= 15 is 0 Å². The SMILES string of the molecule is CC1CCN(c2nc3ccc(Br)cn3n2)C(CN)C1. The first-order chi connectivity index (χ1) is 9.17. The highest BCUT2D eigenvalue weighted by molar-refractivity contribution is 9.10. The molecule has 2 aromatic heterocycles. The Hall–Kier alpha value is -1.14. The molecule has 3 heterocycles. The summed E-state index contributed by atoms with van der Waals surface area (Å²) >= 11 is 3.45. The van der Waals surface area contributed by atoms with Crippen LogP contribution in [0.25, 0.3) is 5.65 Å². The molecule has 0 bridgehead atoms. The Labute approximate surface area is 120 Å². The van der Waals surface area contributed by atoms with Gasteiger partial charge in [-0.3, -0.25) is 0 Å². The van der Waals surface area contributed by atoms with Crippen LogP contribution in [0.3, 0.4) is 0 Å². The summed E-state index contributed by atoms with van der Waals surface area (Å²) in [6.07, 6.45) is 4.22. The molecule has 2 atom stereocenters. The summed E-state index contributed by atoms with van der Waals surface area (Å²) in [5.41, 5.74) is 6.77. The Morgan fingerprint density at radius 2 is 2.32 bits per heavy atom. The third-order valence-electron chi connectivity index (χ3n) is 3.79. The van der Waals surface area contributed by atoms with Gasteiger partial charge in [-0.05, 0) is 46.8 Å². The molecule has 0 radical (unpaired) electrons. The maximum absolute atomic E-state index is 5.90. The zero-order chi connectivity index (χ0) is 13.4. The van der Waals surface area contributed by atoms with E-state index in [-0.39, 0.29) is 0 Å². The van der Waals surface area contributed by atoms with Gasteiger partial charge in [-0.25, -0.2) is 4.52 Å². The fraction of sp³-hybridized carbons (Fsp3) is 0.538. The number of fused-ring (bicyclic) bond motifs is 1. The number of halogens is 1. The van der Waals surface area contributed by atoms with Gasteiger partial charge in [0.25, 0.3) is 0 Å². The lowest BCUT2D eigenvalue weighted by molar-refractivity contribution is 0.363.